The predicted molar refractivity (Wildman–Crippen MR) is 55.7 cm³/mol. The van der Waals surface area contributed by atoms with Crippen molar-refractivity contribution in [2.45, 2.75) is 13.1 Å². The molecule has 104 valence electrons. The van der Waals surface area contributed by atoms with E-state index in [2.05, 4.69) is 42.8 Å². The van der Waals surface area contributed by atoms with E-state index in [9.17, 15) is 16.9 Å². The van der Waals surface area contributed by atoms with E-state index < -0.39 is 19.5 Å². The molecule has 0 bridgehead atoms. The fourth-order valence-electron chi connectivity index (χ4n) is 1.04. The monoisotopic (exact) mass is 373 g/mol. The van der Waals surface area contributed by atoms with Gasteiger partial charge in [-0.2, -0.15) is 0 Å². The molecule has 2 nitrogen and oxygen atoms in total. The second-order valence-corrected chi connectivity index (χ2v) is 9.01. The molecule has 0 radical (unpaired) electrons. The van der Waals surface area contributed by atoms with Gasteiger partial charge in [0.25, 0.3) is 0 Å². The topological polar surface area (TPSA) is 6.48 Å². The first-order valence-electron chi connectivity index (χ1n) is 4.54. The zero-order valence-corrected chi connectivity index (χ0v) is 11.9. The van der Waals surface area contributed by atoms with Gasteiger partial charge in [0.2, 0.25) is 0 Å². The summed E-state index contributed by atoms with van der Waals surface area (Å²) in [6.07, 6.45) is 6.57. The van der Waals surface area contributed by atoms with Gasteiger partial charge < -0.3 is 9.80 Å². The fourth-order valence-corrected chi connectivity index (χ4v) is 1.04. The molecule has 0 saturated heterocycles. The van der Waals surface area contributed by atoms with E-state index >= 15 is 0 Å². The summed E-state index contributed by atoms with van der Waals surface area (Å²) in [6, 6.07) is 0. The molecule has 0 aliphatic carbocycles. The van der Waals surface area contributed by atoms with E-state index in [0.717, 1.165) is 6.54 Å². The summed E-state index contributed by atoms with van der Waals surface area (Å²) in [4.78, 5) is 4.40. The molecule has 17 heavy (non-hydrogen) atoms. The standard InChI is InChI=1S/C8H14N2.6FH.Sb/c1-4-5-10-7-6-9(3)8(10)2;;;;;;;/h4,6-8H,1,5H2,2-3H3;6*1H;/q;;;;;;;+5/p-6. The van der Waals surface area contributed by atoms with Crippen LogP contribution >= 0.6 is 0 Å². The van der Waals surface area contributed by atoms with Crippen molar-refractivity contribution in [1.29, 1.82) is 0 Å². The number of halogens is 6. The van der Waals surface area contributed by atoms with Gasteiger partial charge in [0.15, 0.2) is 0 Å². The SMILES string of the molecule is C=CCN1C=CN(C)C1C.[F][Sb-]([F])([F])([F])([F])[F]. The van der Waals surface area contributed by atoms with Crippen molar-refractivity contribution in [3.63, 3.8) is 0 Å². The molecule has 0 amide bonds. The summed E-state index contributed by atoms with van der Waals surface area (Å²) in [5.74, 6) is 0. The normalized spacial score (nSPS) is 23.6. The summed E-state index contributed by atoms with van der Waals surface area (Å²) in [5.41, 5.74) is 0. The summed E-state index contributed by atoms with van der Waals surface area (Å²) in [7, 11) is 2.07. The van der Waals surface area contributed by atoms with E-state index in [4.69, 9.17) is 0 Å². The first-order chi connectivity index (χ1) is 7.20. The Balaban J connectivity index is 0.000000325. The average Bonchev–Trinajstić information content (AvgIpc) is 2.31. The van der Waals surface area contributed by atoms with Gasteiger partial charge >= 0.3 is 36.4 Å². The molecule has 0 aromatic heterocycles. The van der Waals surface area contributed by atoms with Crippen molar-refractivity contribution in [2.24, 2.45) is 0 Å². The van der Waals surface area contributed by atoms with Crippen molar-refractivity contribution in [3.8, 4) is 0 Å². The first-order valence-corrected chi connectivity index (χ1v) is 10.3. The van der Waals surface area contributed by atoms with E-state index in [-0.39, 0.29) is 0 Å². The van der Waals surface area contributed by atoms with Gasteiger partial charge in [-0.15, -0.1) is 6.58 Å². The number of hydrogen-bond acceptors (Lipinski definition) is 2. The molecule has 0 aromatic carbocycles. The molecule has 1 unspecified atom stereocenters. The molecular weight excluding hydrogens is 360 g/mol. The predicted octanol–water partition coefficient (Wildman–Crippen LogP) is 3.38. The van der Waals surface area contributed by atoms with Crippen LogP contribution in [0.25, 0.3) is 0 Å². The Bertz CT molecular complexity index is 296. The van der Waals surface area contributed by atoms with E-state index in [1.165, 1.54) is 0 Å². The third-order valence-corrected chi connectivity index (χ3v) is 1.90. The van der Waals surface area contributed by atoms with Crippen molar-refractivity contribution < 1.29 is 16.9 Å². The van der Waals surface area contributed by atoms with E-state index in [0.29, 0.717) is 6.17 Å². The quantitative estimate of drug-likeness (QED) is 0.416. The van der Waals surface area contributed by atoms with Crippen molar-refractivity contribution in [2.75, 3.05) is 13.6 Å². The van der Waals surface area contributed by atoms with Crippen molar-refractivity contribution in [1.82, 2.24) is 9.80 Å². The van der Waals surface area contributed by atoms with Gasteiger partial charge in [-0.3, -0.25) is 0 Å². The Kier molecular flexibility index (Phi) is 4.17. The number of rotatable bonds is 2. The van der Waals surface area contributed by atoms with Crippen LogP contribution in [-0.2, 0) is 0 Å². The van der Waals surface area contributed by atoms with Gasteiger partial charge in [0, 0.05) is 26.0 Å². The van der Waals surface area contributed by atoms with E-state index in [1.807, 2.05) is 6.08 Å². The van der Waals surface area contributed by atoms with Gasteiger partial charge in [-0.1, -0.05) is 6.08 Å². The molecule has 1 rings (SSSR count). The molecule has 1 aliphatic heterocycles. The zero-order chi connectivity index (χ0) is 14.0. The summed E-state index contributed by atoms with van der Waals surface area (Å²) >= 11 is -11.2. The van der Waals surface area contributed by atoms with Crippen LogP contribution in [-0.4, -0.2) is 49.0 Å². The molecule has 1 heterocycles. The summed E-state index contributed by atoms with van der Waals surface area (Å²) in [6.45, 7) is 6.79. The Labute approximate surface area is 98.1 Å². The summed E-state index contributed by atoms with van der Waals surface area (Å²) in [5, 5.41) is 0. The zero-order valence-electron chi connectivity index (χ0n) is 9.33. The van der Waals surface area contributed by atoms with Crippen LogP contribution in [0.3, 0.4) is 0 Å². The Morgan fingerprint density at radius 2 is 1.59 bits per heavy atom. The van der Waals surface area contributed by atoms with Crippen molar-refractivity contribution >= 4 is 19.5 Å². The van der Waals surface area contributed by atoms with Crippen molar-refractivity contribution in [3.05, 3.63) is 25.1 Å². The molecule has 0 fully saturated rings. The molecule has 1 atom stereocenters. The molecule has 0 N–H and O–H groups in total. The second-order valence-electron chi connectivity index (χ2n) is 3.54. The van der Waals surface area contributed by atoms with Crippen LogP contribution in [0.15, 0.2) is 25.1 Å². The van der Waals surface area contributed by atoms with Gasteiger partial charge in [-0.05, 0) is 6.92 Å². The molecule has 0 aromatic rings. The average molecular weight is 374 g/mol. The van der Waals surface area contributed by atoms with Crippen LogP contribution in [0.1, 0.15) is 6.92 Å². The first kappa shape index (κ1) is 16.5. The maximum absolute atomic E-state index is 11.2. The molecule has 1 aliphatic rings. The van der Waals surface area contributed by atoms with Gasteiger partial charge in [0.05, 0.1) is 6.17 Å². The van der Waals surface area contributed by atoms with Crippen LogP contribution in [0.2, 0.25) is 0 Å². The molecule has 0 saturated carbocycles. The molecular formula is C8H14F6N2Sb-. The second kappa shape index (κ2) is 4.30. The fraction of sp³-hybridized carbons (Fsp3) is 0.500. The van der Waals surface area contributed by atoms with Crippen LogP contribution in [0.5, 0.6) is 0 Å². The number of hydrogen-bond donors (Lipinski definition) is 0. The van der Waals surface area contributed by atoms with E-state index in [1.54, 1.807) is 0 Å². The molecule has 0 spiro atoms. The maximum atomic E-state index is 9.93. The Morgan fingerprint density at radius 3 is 1.82 bits per heavy atom. The van der Waals surface area contributed by atoms with Gasteiger partial charge in [-0.25, -0.2) is 0 Å². The van der Waals surface area contributed by atoms with Crippen LogP contribution in [0, 0.1) is 0 Å². The Hall–Kier alpha value is -0.522. The summed E-state index contributed by atoms with van der Waals surface area (Å²) < 4.78 is 59.6. The minimum atomic E-state index is -11.2. The molecule has 9 heteroatoms. The Morgan fingerprint density at radius 1 is 1.18 bits per heavy atom. The minimum absolute atomic E-state index is 0.484. The third kappa shape index (κ3) is 11.7. The van der Waals surface area contributed by atoms with Crippen LogP contribution < -0.4 is 0 Å². The number of nitrogens with zero attached hydrogens (tertiary/aromatic N) is 2. The van der Waals surface area contributed by atoms with Gasteiger partial charge in [0.1, 0.15) is 0 Å². The third-order valence-electron chi connectivity index (χ3n) is 1.90. The van der Waals surface area contributed by atoms with Crippen LogP contribution in [0.4, 0.5) is 16.9 Å².